The van der Waals surface area contributed by atoms with Crippen LogP contribution in [-0.2, 0) is 92.8 Å². The molecule has 3 heterocycles. The van der Waals surface area contributed by atoms with Gasteiger partial charge in [0, 0.05) is 68.5 Å². The minimum atomic E-state index is -1.79. The number of guanidine groups is 1. The molecule has 1 aliphatic rings. The maximum atomic E-state index is 15.2. The molecule has 3 aromatic carbocycles. The molecule has 1 fully saturated rings. The number of carboxylic acids is 1. The Kier molecular flexibility index (Phi) is 37.3. The van der Waals surface area contributed by atoms with Gasteiger partial charge in [-0.25, -0.2) is 4.98 Å². The van der Waals surface area contributed by atoms with Gasteiger partial charge in [0.15, 0.2) is 5.96 Å². The van der Waals surface area contributed by atoms with E-state index < -0.39 is 200 Å². The van der Waals surface area contributed by atoms with Gasteiger partial charge in [-0.15, -0.1) is 0 Å². The molecule has 0 aliphatic carbocycles. The number of nitrogens with two attached hydrogens (primary N) is 4. The average molecular weight is 1600 g/mol. The number of nitrogens with one attached hydrogen (secondary N) is 15. The SMILES string of the molecule is CCCC[C@H](NC(=O)[C@H](CO)NC(=O)[C@H](Cc1ccc(O)cc1)NC(=O)C(N)CO)C(=O)N[C@@H](CCC(=O)O)C(=O)N[C@@H](Cc1c[nH]cn1)C(=O)N[C@H](Cc1ccccc1)C(=O)N[C@@H](CCCNC(=N)N)C(=O)N[C@@H](Cc1c[nH]c2ccccc12)C(=O)NCC(=O)N[C@@H](CCCCN)C(=O)N1CCC[C@H]1C(=O)N[C@H](C(N)=O)C(C)C. The number of fused-ring (bicyclic) bond motifs is 1. The van der Waals surface area contributed by atoms with Gasteiger partial charge in [0.1, 0.15) is 78.3 Å². The molecular formula is C76H109N21O18. The quantitative estimate of drug-likeness (QED) is 0.00996. The topological polar surface area (TPSA) is 640 Å². The summed E-state index contributed by atoms with van der Waals surface area (Å²) in [6.07, 6.45) is 3.96. The minimum Gasteiger partial charge on any atom is -0.508 e. The number of H-pyrrole nitrogens is 2. The van der Waals surface area contributed by atoms with Crippen LogP contribution in [0.2, 0.25) is 0 Å². The van der Waals surface area contributed by atoms with Gasteiger partial charge in [-0.1, -0.05) is 94.3 Å². The zero-order valence-corrected chi connectivity index (χ0v) is 64.5. The standard InChI is InChI=1S/C76H109N21O18/c1-4-5-18-51(89-73(113)59(40-99)95-71(111)55(91-65(105)49(78)39-98)33-44-23-25-47(100)26-24-44)67(107)90-53(27-28-62(102)103)69(109)94-58(35-46-37-82-41-86-46)72(112)92-56(32-43-15-7-6-8-16-43)70(110)88-52(21-13-30-83-76(80)81)68(108)93-57(34-45-36-84-50-19-10-9-17-48(45)50)66(106)85-38-61(101)87-54(20-11-12-29-77)75(115)97-31-14-22-60(97)74(114)96-63(42(2)3)64(79)104/h6-10,15-17,19,23-26,36-37,41-42,49,51-60,63,84,98-100H,4-5,11-14,18,20-22,27-35,38-40,77-78H2,1-3H3,(H2,79,104)(H,82,86)(H,85,106)(H,87,101)(H,88,110)(H,89,113)(H,90,107)(H,91,105)(H,92,112)(H,93,108)(H,94,109)(H,95,111)(H,96,114)(H,102,103)(H4,80,81,83)/t49?,51-,52-,53-,54-,55-,56+,57-,58-,59-,60-,63-/m0/s1. The number of imidazole rings is 1. The summed E-state index contributed by atoms with van der Waals surface area (Å²) in [6.45, 7) is 3.02. The highest BCUT2D eigenvalue weighted by Crippen LogP contribution is 2.23. The summed E-state index contributed by atoms with van der Waals surface area (Å²) in [7, 11) is 0. The number of para-hydroxylation sites is 1. The van der Waals surface area contributed by atoms with Gasteiger partial charge in [0.05, 0.1) is 31.8 Å². The first-order valence-corrected chi connectivity index (χ1v) is 38.2. The highest BCUT2D eigenvalue weighted by molar-refractivity contribution is 6.00. The van der Waals surface area contributed by atoms with E-state index in [-0.39, 0.29) is 94.8 Å². The van der Waals surface area contributed by atoms with E-state index in [4.69, 9.17) is 28.3 Å². The van der Waals surface area contributed by atoms with Crippen LogP contribution >= 0.6 is 0 Å². The fourth-order valence-electron chi connectivity index (χ4n) is 12.8. The van der Waals surface area contributed by atoms with E-state index in [0.717, 1.165) is 0 Å². The Morgan fingerprint density at radius 2 is 1.10 bits per heavy atom. The van der Waals surface area contributed by atoms with E-state index in [1.165, 1.54) is 41.7 Å². The highest BCUT2D eigenvalue weighted by atomic mass is 16.4. The van der Waals surface area contributed by atoms with Gasteiger partial charge in [-0.05, 0) is 105 Å². The van der Waals surface area contributed by atoms with E-state index in [1.54, 1.807) is 81.6 Å². The molecule has 5 aromatic rings. The molecule has 13 amide bonds. The van der Waals surface area contributed by atoms with Gasteiger partial charge >= 0.3 is 5.97 Å². The lowest BCUT2D eigenvalue weighted by Crippen LogP contribution is -2.61. The second-order valence-electron chi connectivity index (χ2n) is 28.4. The largest absolute Gasteiger partial charge is 0.508 e. The molecule has 39 nitrogen and oxygen atoms in total. The first kappa shape index (κ1) is 91.8. The number of carboxylic acid groups (broad SMARTS) is 1. The van der Waals surface area contributed by atoms with Gasteiger partial charge in [-0.2, -0.15) is 0 Å². The summed E-state index contributed by atoms with van der Waals surface area (Å²) in [5, 5.41) is 79.2. The molecule has 27 N–H and O–H groups in total. The molecule has 1 aliphatic heterocycles. The monoisotopic (exact) mass is 1600 g/mol. The molecule has 6 rings (SSSR count). The van der Waals surface area contributed by atoms with Gasteiger partial charge in [-0.3, -0.25) is 72.5 Å². The van der Waals surface area contributed by atoms with Crippen LogP contribution in [0.4, 0.5) is 0 Å². The molecule has 626 valence electrons. The molecule has 12 atom stereocenters. The molecular weight excluding hydrogens is 1490 g/mol. The zero-order valence-electron chi connectivity index (χ0n) is 64.5. The number of hydrogen-bond donors (Lipinski definition) is 23. The molecule has 39 heteroatoms. The number of hydrogen-bond acceptors (Lipinski definition) is 21. The molecule has 115 heavy (non-hydrogen) atoms. The predicted molar refractivity (Wildman–Crippen MR) is 418 cm³/mol. The Morgan fingerprint density at radius 3 is 1.66 bits per heavy atom. The minimum absolute atomic E-state index is 0.00127. The number of aromatic amines is 2. The summed E-state index contributed by atoms with van der Waals surface area (Å²) in [6, 6.07) is 3.37. The fourth-order valence-corrected chi connectivity index (χ4v) is 12.8. The molecule has 0 saturated carbocycles. The number of phenolic OH excluding ortho intramolecular Hbond substituents is 1. The van der Waals surface area contributed by atoms with Crippen LogP contribution in [-0.4, -0.2) is 241 Å². The molecule has 1 unspecified atom stereocenters. The van der Waals surface area contributed by atoms with Gasteiger partial charge in [0.2, 0.25) is 76.8 Å². The van der Waals surface area contributed by atoms with Crippen molar-refractivity contribution in [3.63, 3.8) is 0 Å². The van der Waals surface area contributed by atoms with Gasteiger partial charge < -0.3 is 122 Å². The number of aromatic nitrogens is 3. The van der Waals surface area contributed by atoms with Crippen molar-refractivity contribution in [2.75, 3.05) is 39.4 Å². The second kappa shape index (κ2) is 46.8. The number of aromatic hydroxyl groups is 1. The van der Waals surface area contributed by atoms with Crippen molar-refractivity contribution in [1.29, 1.82) is 5.41 Å². The molecule has 1 saturated heterocycles. The Balaban J connectivity index is 1.25. The average Bonchev–Trinajstić information content (AvgIpc) is 1.39. The van der Waals surface area contributed by atoms with Crippen molar-refractivity contribution >= 4 is 99.6 Å². The summed E-state index contributed by atoms with van der Waals surface area (Å²) in [5.41, 5.74) is 25.0. The van der Waals surface area contributed by atoms with Crippen LogP contribution in [0, 0.1) is 11.3 Å². The lowest BCUT2D eigenvalue weighted by atomic mass is 10.0. The predicted octanol–water partition coefficient (Wildman–Crippen LogP) is -4.28. The molecule has 0 spiro atoms. The molecule has 0 bridgehead atoms. The number of carbonyl (C=O) groups is 14. The number of amides is 13. The van der Waals surface area contributed by atoms with Crippen molar-refractivity contribution in [3.05, 3.63) is 120 Å². The Hall–Kier alpha value is -12.1. The molecule has 2 aromatic heterocycles. The normalized spacial score (nSPS) is 15.4. The van der Waals surface area contributed by atoms with E-state index in [9.17, 15) is 73.2 Å². The number of primary amides is 1. The van der Waals surface area contributed by atoms with Crippen molar-refractivity contribution in [2.45, 2.75) is 196 Å². The van der Waals surface area contributed by atoms with E-state index in [1.807, 2.05) is 0 Å². The van der Waals surface area contributed by atoms with Crippen LogP contribution < -0.4 is 86.7 Å². The van der Waals surface area contributed by atoms with Crippen LogP contribution in [0.1, 0.15) is 120 Å². The van der Waals surface area contributed by atoms with Gasteiger partial charge in [0.25, 0.3) is 0 Å². The Labute approximate surface area is 663 Å². The summed E-state index contributed by atoms with van der Waals surface area (Å²) in [4.78, 5) is 208. The number of aliphatic hydroxyl groups is 2. The number of phenols is 1. The number of carbonyl (C=O) groups excluding carboxylic acids is 13. The smallest absolute Gasteiger partial charge is 0.303 e. The van der Waals surface area contributed by atoms with E-state index >= 15 is 14.4 Å². The van der Waals surface area contributed by atoms with Crippen LogP contribution in [0.3, 0.4) is 0 Å². The molecule has 0 radical (unpaired) electrons. The maximum Gasteiger partial charge on any atom is 0.303 e. The van der Waals surface area contributed by atoms with Crippen molar-refractivity contribution in [1.82, 2.24) is 83.7 Å². The second-order valence-corrected chi connectivity index (χ2v) is 28.4. The lowest BCUT2D eigenvalue weighted by molar-refractivity contribution is -0.142. The number of benzene rings is 3. The summed E-state index contributed by atoms with van der Waals surface area (Å²) >= 11 is 0. The first-order chi connectivity index (χ1) is 54.9. The maximum absolute atomic E-state index is 15.2. The zero-order chi connectivity index (χ0) is 84.3. The third-order valence-electron chi connectivity index (χ3n) is 19.1. The van der Waals surface area contributed by atoms with Crippen LogP contribution in [0.5, 0.6) is 5.75 Å². The third-order valence-corrected chi connectivity index (χ3v) is 19.1. The van der Waals surface area contributed by atoms with Crippen LogP contribution in [0.15, 0.2) is 97.6 Å². The van der Waals surface area contributed by atoms with E-state index in [0.29, 0.717) is 53.3 Å². The number of likely N-dealkylation sites (tertiary alicyclic amines) is 1. The summed E-state index contributed by atoms with van der Waals surface area (Å²) < 4.78 is 0. The lowest BCUT2D eigenvalue weighted by Gasteiger charge is -2.30. The Bertz CT molecular complexity index is 4110. The third kappa shape index (κ3) is 29.7. The number of nitrogens with zero attached hydrogens (tertiary/aromatic N) is 2. The highest BCUT2D eigenvalue weighted by Gasteiger charge is 2.41. The summed E-state index contributed by atoms with van der Waals surface area (Å²) in [5.74, 6) is -14.1. The Morgan fingerprint density at radius 1 is 0.574 bits per heavy atom. The van der Waals surface area contributed by atoms with Crippen molar-refractivity contribution in [3.8, 4) is 5.75 Å². The number of rotatable bonds is 49. The first-order valence-electron chi connectivity index (χ1n) is 38.2. The number of unbranched alkanes of at least 4 members (excludes halogenated alkanes) is 2. The number of aliphatic carboxylic acids is 1. The number of aliphatic hydroxyl groups excluding tert-OH is 2. The fraction of sp³-hybridized carbons (Fsp3) is 0.500. The van der Waals surface area contributed by atoms with Crippen LogP contribution in [0.25, 0.3) is 10.9 Å². The van der Waals surface area contributed by atoms with Crippen molar-refractivity contribution in [2.24, 2.45) is 28.9 Å². The van der Waals surface area contributed by atoms with E-state index in [2.05, 4.69) is 78.8 Å². The van der Waals surface area contributed by atoms with Crippen molar-refractivity contribution < 1.29 is 87.5 Å².